The monoisotopic (exact) mass is 398 g/mol. The quantitative estimate of drug-likeness (QED) is 0.568. The van der Waals surface area contributed by atoms with Gasteiger partial charge in [-0.2, -0.15) is 15.2 Å². The van der Waals surface area contributed by atoms with E-state index < -0.39 is 0 Å². The van der Waals surface area contributed by atoms with Gasteiger partial charge in [0.05, 0.1) is 28.4 Å². The fourth-order valence-electron chi connectivity index (χ4n) is 3.74. The zero-order chi connectivity index (χ0) is 21.6. The van der Waals surface area contributed by atoms with Gasteiger partial charge < -0.3 is 0 Å². The van der Waals surface area contributed by atoms with Gasteiger partial charge in [0, 0.05) is 11.3 Å². The number of anilines is 1. The molecule has 3 aromatic rings. The van der Waals surface area contributed by atoms with Crippen molar-refractivity contribution >= 4 is 23.4 Å². The molecule has 2 heterocycles. The minimum atomic E-state index is -0.115. The average Bonchev–Trinajstić information content (AvgIpc) is 3.15. The average molecular weight is 399 g/mol. The number of hydrogen-bond donors (Lipinski definition) is 0. The first-order chi connectivity index (χ1) is 14.3. The largest absolute Gasteiger partial charge is 0.280 e. The molecule has 0 fully saturated rings. The lowest BCUT2D eigenvalue weighted by molar-refractivity contribution is -0.114. The Balaban J connectivity index is 1.73. The summed E-state index contributed by atoms with van der Waals surface area (Å²) in [5.41, 5.74) is 9.51. The van der Waals surface area contributed by atoms with Crippen molar-refractivity contribution in [2.24, 2.45) is 5.10 Å². The van der Waals surface area contributed by atoms with Gasteiger partial charge in [0.1, 0.15) is 0 Å². The zero-order valence-corrected chi connectivity index (χ0v) is 18.3. The maximum absolute atomic E-state index is 13.1. The van der Waals surface area contributed by atoms with Crippen LogP contribution in [0.15, 0.2) is 53.1 Å². The summed E-state index contributed by atoms with van der Waals surface area (Å²) in [6.07, 6.45) is 1.92. The number of hydrogen-bond acceptors (Lipinski definition) is 3. The van der Waals surface area contributed by atoms with Crippen LogP contribution in [-0.2, 0) is 4.79 Å². The second-order valence-corrected chi connectivity index (χ2v) is 7.96. The lowest BCUT2D eigenvalue weighted by Gasteiger charge is -2.12. The number of carbonyl (C=O) groups is 1. The van der Waals surface area contributed by atoms with Crippen molar-refractivity contribution in [3.8, 4) is 5.69 Å². The predicted molar refractivity (Wildman–Crippen MR) is 122 cm³/mol. The van der Waals surface area contributed by atoms with Crippen molar-refractivity contribution < 1.29 is 4.79 Å². The van der Waals surface area contributed by atoms with E-state index in [2.05, 4.69) is 37.1 Å². The molecule has 0 N–H and O–H groups in total. The number of hydrazone groups is 1. The van der Waals surface area contributed by atoms with Crippen molar-refractivity contribution in [1.29, 1.82) is 0 Å². The first-order valence-corrected chi connectivity index (χ1v) is 10.1. The number of amides is 1. The van der Waals surface area contributed by atoms with Crippen LogP contribution in [0.3, 0.4) is 0 Å². The standard InChI is InChI=1S/C25H26N4O/c1-15-8-7-9-21(12-15)29-25(30)24(19(5)27-29)14-23-18(4)26-28(20(23)6)22-11-10-16(2)17(3)13-22/h7-14H,1-6H3/b24-14-. The highest BCUT2D eigenvalue weighted by molar-refractivity contribution is 6.32. The van der Waals surface area contributed by atoms with Crippen molar-refractivity contribution in [1.82, 2.24) is 9.78 Å². The molecular formula is C25H26N4O. The van der Waals surface area contributed by atoms with E-state index >= 15 is 0 Å². The molecule has 0 saturated carbocycles. The first kappa shape index (κ1) is 19.8. The summed E-state index contributed by atoms with van der Waals surface area (Å²) in [5.74, 6) is -0.115. The first-order valence-electron chi connectivity index (χ1n) is 10.1. The lowest BCUT2D eigenvalue weighted by Crippen LogP contribution is -2.21. The third-order valence-electron chi connectivity index (χ3n) is 5.68. The zero-order valence-electron chi connectivity index (χ0n) is 18.3. The summed E-state index contributed by atoms with van der Waals surface area (Å²) in [4.78, 5) is 13.1. The van der Waals surface area contributed by atoms with Gasteiger partial charge in [0.2, 0.25) is 0 Å². The summed E-state index contributed by atoms with van der Waals surface area (Å²) in [6, 6.07) is 14.1. The van der Waals surface area contributed by atoms with Gasteiger partial charge in [-0.05, 0) is 88.6 Å². The Morgan fingerprint density at radius 3 is 2.33 bits per heavy atom. The van der Waals surface area contributed by atoms with E-state index in [0.717, 1.165) is 33.9 Å². The van der Waals surface area contributed by atoms with Crippen LogP contribution in [0.2, 0.25) is 0 Å². The lowest BCUT2D eigenvalue weighted by atomic mass is 10.1. The topological polar surface area (TPSA) is 50.5 Å². The summed E-state index contributed by atoms with van der Waals surface area (Å²) in [6.45, 7) is 12.1. The molecule has 0 unspecified atom stereocenters. The molecule has 0 atom stereocenters. The third-order valence-corrected chi connectivity index (χ3v) is 5.68. The Bertz CT molecular complexity index is 1230. The van der Waals surface area contributed by atoms with Gasteiger partial charge >= 0.3 is 0 Å². The number of aryl methyl sites for hydroxylation is 4. The van der Waals surface area contributed by atoms with Gasteiger partial charge in [-0.15, -0.1) is 0 Å². The van der Waals surface area contributed by atoms with Gasteiger partial charge in [0.25, 0.3) is 5.91 Å². The van der Waals surface area contributed by atoms with E-state index in [-0.39, 0.29) is 5.91 Å². The maximum atomic E-state index is 13.1. The molecule has 0 spiro atoms. The van der Waals surface area contributed by atoms with Crippen LogP contribution in [-0.4, -0.2) is 21.4 Å². The minimum Gasteiger partial charge on any atom is -0.267 e. The Morgan fingerprint density at radius 1 is 0.867 bits per heavy atom. The molecule has 0 saturated heterocycles. The van der Waals surface area contributed by atoms with Crippen molar-refractivity contribution in [3.05, 3.63) is 81.7 Å². The SMILES string of the molecule is CC1=NN(c2cccc(C)c2)C(=O)/C1=C\c1c(C)nn(-c2ccc(C)c(C)c2)c1C. The third kappa shape index (κ3) is 3.36. The smallest absolute Gasteiger partial charge is 0.267 e. The molecule has 1 aliphatic rings. The van der Waals surface area contributed by atoms with Crippen molar-refractivity contribution in [2.75, 3.05) is 5.01 Å². The number of nitrogens with zero attached hydrogens (tertiary/aromatic N) is 4. The predicted octanol–water partition coefficient (Wildman–Crippen LogP) is 5.22. The number of benzene rings is 2. The van der Waals surface area contributed by atoms with Crippen LogP contribution < -0.4 is 5.01 Å². The molecule has 1 aromatic heterocycles. The molecular weight excluding hydrogens is 372 g/mol. The number of aromatic nitrogens is 2. The molecule has 0 aliphatic carbocycles. The molecule has 0 radical (unpaired) electrons. The number of rotatable bonds is 3. The molecule has 0 bridgehead atoms. The molecule has 1 aliphatic heterocycles. The van der Waals surface area contributed by atoms with E-state index in [4.69, 9.17) is 5.10 Å². The van der Waals surface area contributed by atoms with E-state index in [1.54, 1.807) is 0 Å². The van der Waals surface area contributed by atoms with Crippen LogP contribution in [0.4, 0.5) is 5.69 Å². The maximum Gasteiger partial charge on any atom is 0.280 e. The molecule has 152 valence electrons. The van der Waals surface area contributed by atoms with Crippen molar-refractivity contribution in [3.63, 3.8) is 0 Å². The summed E-state index contributed by atoms with van der Waals surface area (Å²) in [7, 11) is 0. The molecule has 2 aromatic carbocycles. The Hall–Kier alpha value is -3.47. The molecule has 1 amide bonds. The Morgan fingerprint density at radius 2 is 1.63 bits per heavy atom. The summed E-state index contributed by atoms with van der Waals surface area (Å²) in [5, 5.41) is 10.7. The summed E-state index contributed by atoms with van der Waals surface area (Å²) >= 11 is 0. The Labute approximate surface area is 177 Å². The molecule has 5 nitrogen and oxygen atoms in total. The Kier molecular flexibility index (Phi) is 4.90. The van der Waals surface area contributed by atoms with Crippen LogP contribution in [0, 0.1) is 34.6 Å². The molecule has 4 rings (SSSR count). The second kappa shape index (κ2) is 7.41. The fourth-order valence-corrected chi connectivity index (χ4v) is 3.74. The van der Waals surface area contributed by atoms with E-state index in [0.29, 0.717) is 11.3 Å². The summed E-state index contributed by atoms with van der Waals surface area (Å²) < 4.78 is 1.94. The normalized spacial score (nSPS) is 15.3. The highest BCUT2D eigenvalue weighted by Crippen LogP contribution is 2.28. The molecule has 30 heavy (non-hydrogen) atoms. The number of carbonyl (C=O) groups excluding carboxylic acids is 1. The van der Waals surface area contributed by atoms with E-state index in [1.807, 2.05) is 62.7 Å². The van der Waals surface area contributed by atoms with Gasteiger partial charge in [0.15, 0.2) is 0 Å². The molecule has 5 heteroatoms. The van der Waals surface area contributed by atoms with Gasteiger partial charge in [-0.1, -0.05) is 18.2 Å². The van der Waals surface area contributed by atoms with E-state index in [1.165, 1.54) is 16.1 Å². The van der Waals surface area contributed by atoms with Crippen LogP contribution in [0.25, 0.3) is 11.8 Å². The van der Waals surface area contributed by atoms with Crippen LogP contribution in [0.5, 0.6) is 0 Å². The highest BCUT2D eigenvalue weighted by Gasteiger charge is 2.29. The van der Waals surface area contributed by atoms with E-state index in [9.17, 15) is 4.79 Å². The van der Waals surface area contributed by atoms with Gasteiger partial charge in [-0.25, -0.2) is 4.68 Å². The van der Waals surface area contributed by atoms with Crippen LogP contribution in [0.1, 0.15) is 40.6 Å². The van der Waals surface area contributed by atoms with Gasteiger partial charge in [-0.3, -0.25) is 4.79 Å². The van der Waals surface area contributed by atoms with Crippen LogP contribution >= 0.6 is 0 Å². The minimum absolute atomic E-state index is 0.115. The second-order valence-electron chi connectivity index (χ2n) is 7.96. The van der Waals surface area contributed by atoms with Crippen molar-refractivity contribution in [2.45, 2.75) is 41.5 Å². The highest BCUT2D eigenvalue weighted by atomic mass is 16.2. The fraction of sp³-hybridized carbons (Fsp3) is 0.240.